The van der Waals surface area contributed by atoms with Crippen LogP contribution in [0.1, 0.15) is 19.8 Å². The normalized spacial score (nSPS) is 26.7. The highest BCUT2D eigenvalue weighted by molar-refractivity contribution is 5.80. The van der Waals surface area contributed by atoms with Crippen LogP contribution in [0.5, 0.6) is 0 Å². The molecule has 2 atom stereocenters. The van der Waals surface area contributed by atoms with Gasteiger partial charge in [-0.15, -0.1) is 0 Å². The fourth-order valence-electron chi connectivity index (χ4n) is 1.68. The maximum atomic E-state index is 11.2. The van der Waals surface area contributed by atoms with Crippen molar-refractivity contribution in [1.82, 2.24) is 5.32 Å². The van der Waals surface area contributed by atoms with Gasteiger partial charge in [-0.1, -0.05) is 13.3 Å². The van der Waals surface area contributed by atoms with E-state index < -0.39 is 0 Å². The first-order valence-electron chi connectivity index (χ1n) is 4.27. The van der Waals surface area contributed by atoms with Gasteiger partial charge in [-0.2, -0.15) is 0 Å². The molecular formula is C8H16N2O. The van der Waals surface area contributed by atoms with Gasteiger partial charge in [-0.05, 0) is 18.9 Å². The zero-order valence-corrected chi connectivity index (χ0v) is 6.97. The van der Waals surface area contributed by atoms with Gasteiger partial charge in [0.25, 0.3) is 0 Å². The fourth-order valence-corrected chi connectivity index (χ4v) is 1.68. The van der Waals surface area contributed by atoms with E-state index in [9.17, 15) is 4.79 Å². The number of nitrogens with one attached hydrogen (secondary N) is 1. The van der Waals surface area contributed by atoms with Crippen LogP contribution in [0, 0.1) is 11.8 Å². The highest BCUT2D eigenvalue weighted by atomic mass is 16.2. The molecule has 0 aromatic rings. The predicted octanol–water partition coefficient (Wildman–Crippen LogP) is 0.107. The van der Waals surface area contributed by atoms with Gasteiger partial charge in [-0.3, -0.25) is 4.79 Å². The standard InChI is InChI=1S/C8H16N2O/c1-2-6(5-9)7-3-4-10-8(7)11/h6-7H,2-5,9H2,1H3,(H,10,11). The minimum absolute atomic E-state index is 0.185. The Labute approximate surface area is 67.3 Å². The number of rotatable bonds is 3. The van der Waals surface area contributed by atoms with Gasteiger partial charge >= 0.3 is 0 Å². The van der Waals surface area contributed by atoms with Gasteiger partial charge in [0.2, 0.25) is 5.91 Å². The van der Waals surface area contributed by atoms with E-state index in [2.05, 4.69) is 12.2 Å². The Morgan fingerprint density at radius 1 is 1.82 bits per heavy atom. The zero-order valence-electron chi connectivity index (χ0n) is 6.97. The zero-order chi connectivity index (χ0) is 8.27. The van der Waals surface area contributed by atoms with E-state index in [0.29, 0.717) is 12.5 Å². The minimum atomic E-state index is 0.185. The van der Waals surface area contributed by atoms with Gasteiger partial charge in [0.1, 0.15) is 0 Å². The Morgan fingerprint density at radius 2 is 2.55 bits per heavy atom. The summed E-state index contributed by atoms with van der Waals surface area (Å²) in [6, 6.07) is 0. The van der Waals surface area contributed by atoms with Crippen molar-refractivity contribution >= 4 is 5.91 Å². The molecule has 11 heavy (non-hydrogen) atoms. The van der Waals surface area contributed by atoms with Crippen molar-refractivity contribution in [3.8, 4) is 0 Å². The van der Waals surface area contributed by atoms with Crippen LogP contribution >= 0.6 is 0 Å². The highest BCUT2D eigenvalue weighted by Crippen LogP contribution is 2.21. The second-order valence-electron chi connectivity index (χ2n) is 3.09. The molecule has 2 unspecified atom stereocenters. The second kappa shape index (κ2) is 3.72. The lowest BCUT2D eigenvalue weighted by atomic mass is 9.89. The summed E-state index contributed by atoms with van der Waals surface area (Å²) in [5, 5.41) is 2.82. The number of nitrogens with two attached hydrogens (primary N) is 1. The van der Waals surface area contributed by atoms with Gasteiger partial charge in [0.15, 0.2) is 0 Å². The van der Waals surface area contributed by atoms with E-state index in [-0.39, 0.29) is 11.8 Å². The molecule has 1 fully saturated rings. The molecule has 1 saturated heterocycles. The number of amides is 1. The molecule has 64 valence electrons. The third kappa shape index (κ3) is 1.71. The van der Waals surface area contributed by atoms with Gasteiger partial charge in [0.05, 0.1) is 0 Å². The first-order valence-corrected chi connectivity index (χ1v) is 4.27. The predicted molar refractivity (Wildman–Crippen MR) is 44.0 cm³/mol. The van der Waals surface area contributed by atoms with Crippen LogP contribution in [0.4, 0.5) is 0 Å². The number of carbonyl (C=O) groups excluding carboxylic acids is 1. The topological polar surface area (TPSA) is 55.1 Å². The van der Waals surface area contributed by atoms with E-state index in [1.165, 1.54) is 0 Å². The maximum Gasteiger partial charge on any atom is 0.223 e. The van der Waals surface area contributed by atoms with Crippen LogP contribution in [0.25, 0.3) is 0 Å². The van der Waals surface area contributed by atoms with Crippen LogP contribution in [0.2, 0.25) is 0 Å². The smallest absolute Gasteiger partial charge is 0.223 e. The summed E-state index contributed by atoms with van der Waals surface area (Å²) in [5.74, 6) is 0.768. The number of hydrogen-bond acceptors (Lipinski definition) is 2. The number of hydrogen-bond donors (Lipinski definition) is 2. The largest absolute Gasteiger partial charge is 0.356 e. The highest BCUT2D eigenvalue weighted by Gasteiger charge is 2.29. The molecule has 0 aromatic heterocycles. The summed E-state index contributed by atoms with van der Waals surface area (Å²) in [4.78, 5) is 11.2. The van der Waals surface area contributed by atoms with Gasteiger partial charge in [-0.25, -0.2) is 0 Å². The molecule has 3 N–H and O–H groups in total. The third-order valence-electron chi connectivity index (χ3n) is 2.49. The molecule has 1 heterocycles. The second-order valence-corrected chi connectivity index (χ2v) is 3.09. The Hall–Kier alpha value is -0.570. The summed E-state index contributed by atoms with van der Waals surface area (Å²) in [6.45, 7) is 3.55. The molecule has 1 aliphatic heterocycles. The molecule has 0 spiro atoms. The van der Waals surface area contributed by atoms with Gasteiger partial charge < -0.3 is 11.1 Å². The van der Waals surface area contributed by atoms with Crippen LogP contribution < -0.4 is 11.1 Å². The monoisotopic (exact) mass is 156 g/mol. The Bertz CT molecular complexity index is 143. The summed E-state index contributed by atoms with van der Waals surface area (Å²) in [6.07, 6.45) is 1.98. The molecule has 1 aliphatic rings. The van der Waals surface area contributed by atoms with Crippen LogP contribution in [0.3, 0.4) is 0 Å². The van der Waals surface area contributed by atoms with E-state index >= 15 is 0 Å². The SMILES string of the molecule is CCC(CN)C1CCNC1=O. The third-order valence-corrected chi connectivity index (χ3v) is 2.49. The van der Waals surface area contributed by atoms with Crippen molar-refractivity contribution in [2.24, 2.45) is 17.6 Å². The molecule has 0 bridgehead atoms. The first-order chi connectivity index (χ1) is 5.29. The fraction of sp³-hybridized carbons (Fsp3) is 0.875. The molecule has 0 aliphatic carbocycles. The average Bonchev–Trinajstić information content (AvgIpc) is 2.40. The average molecular weight is 156 g/mol. The lowest BCUT2D eigenvalue weighted by Crippen LogP contribution is -2.29. The van der Waals surface area contributed by atoms with Crippen molar-refractivity contribution in [3.05, 3.63) is 0 Å². The Kier molecular flexibility index (Phi) is 2.88. The van der Waals surface area contributed by atoms with Crippen molar-refractivity contribution in [2.45, 2.75) is 19.8 Å². The van der Waals surface area contributed by atoms with E-state index in [1.54, 1.807) is 0 Å². The first kappa shape index (κ1) is 8.53. The Balaban J connectivity index is 2.49. The minimum Gasteiger partial charge on any atom is -0.356 e. The summed E-state index contributed by atoms with van der Waals surface area (Å²) in [7, 11) is 0. The summed E-state index contributed by atoms with van der Waals surface area (Å²) >= 11 is 0. The van der Waals surface area contributed by atoms with Crippen molar-refractivity contribution in [1.29, 1.82) is 0 Å². The van der Waals surface area contributed by atoms with Crippen LogP contribution in [0.15, 0.2) is 0 Å². The molecule has 3 heteroatoms. The van der Waals surface area contributed by atoms with E-state index in [0.717, 1.165) is 19.4 Å². The maximum absolute atomic E-state index is 11.2. The molecule has 1 rings (SSSR count). The Morgan fingerprint density at radius 3 is 2.91 bits per heavy atom. The lowest BCUT2D eigenvalue weighted by molar-refractivity contribution is -0.123. The molecular weight excluding hydrogens is 140 g/mol. The summed E-state index contributed by atoms with van der Waals surface area (Å²) in [5.41, 5.74) is 5.55. The van der Waals surface area contributed by atoms with Crippen molar-refractivity contribution < 1.29 is 4.79 Å². The number of carbonyl (C=O) groups is 1. The molecule has 0 radical (unpaired) electrons. The lowest BCUT2D eigenvalue weighted by Gasteiger charge is -2.16. The molecule has 0 saturated carbocycles. The molecule has 3 nitrogen and oxygen atoms in total. The van der Waals surface area contributed by atoms with Crippen molar-refractivity contribution in [3.63, 3.8) is 0 Å². The van der Waals surface area contributed by atoms with Crippen LogP contribution in [-0.2, 0) is 4.79 Å². The van der Waals surface area contributed by atoms with E-state index in [1.807, 2.05) is 0 Å². The summed E-state index contributed by atoms with van der Waals surface area (Å²) < 4.78 is 0. The van der Waals surface area contributed by atoms with Crippen LogP contribution in [-0.4, -0.2) is 19.0 Å². The molecule has 0 aromatic carbocycles. The quantitative estimate of drug-likeness (QED) is 0.609. The van der Waals surface area contributed by atoms with Crippen molar-refractivity contribution in [2.75, 3.05) is 13.1 Å². The van der Waals surface area contributed by atoms with Gasteiger partial charge in [0, 0.05) is 12.5 Å². The molecule has 1 amide bonds. The van der Waals surface area contributed by atoms with E-state index in [4.69, 9.17) is 5.73 Å².